The molecule has 144 valence electrons. The van der Waals surface area contributed by atoms with E-state index in [0.717, 1.165) is 15.3 Å². The van der Waals surface area contributed by atoms with Crippen LogP contribution in [-0.2, 0) is 29.2 Å². The van der Waals surface area contributed by atoms with Crippen molar-refractivity contribution in [3.8, 4) is 5.75 Å². The maximum atomic E-state index is 12.3. The van der Waals surface area contributed by atoms with Crippen LogP contribution in [-0.4, -0.2) is 30.7 Å². The summed E-state index contributed by atoms with van der Waals surface area (Å²) in [7, 11) is 0. The zero-order valence-corrected chi connectivity index (χ0v) is 15.8. The Kier molecular flexibility index (Phi) is 6.38. The van der Waals surface area contributed by atoms with E-state index in [1.807, 2.05) is 24.4 Å². The second kappa shape index (κ2) is 8.94. The van der Waals surface area contributed by atoms with Gasteiger partial charge in [-0.2, -0.15) is 0 Å². The molecule has 1 amide bonds. The van der Waals surface area contributed by atoms with Gasteiger partial charge in [0.25, 0.3) is 11.6 Å². The molecule has 1 aliphatic heterocycles. The van der Waals surface area contributed by atoms with Gasteiger partial charge in [0.1, 0.15) is 12.3 Å². The molecular formula is C18H22N3O5S+. The summed E-state index contributed by atoms with van der Waals surface area (Å²) in [6.07, 6.45) is 0. The zero-order chi connectivity index (χ0) is 19.2. The van der Waals surface area contributed by atoms with Gasteiger partial charge in [-0.15, -0.1) is 11.3 Å². The molecular weight excluding hydrogens is 370 g/mol. The van der Waals surface area contributed by atoms with E-state index in [-0.39, 0.29) is 31.5 Å². The van der Waals surface area contributed by atoms with E-state index in [2.05, 4.69) is 5.32 Å². The molecule has 2 N–H and O–H groups in total. The summed E-state index contributed by atoms with van der Waals surface area (Å²) in [4.78, 5) is 25.2. The first-order valence-electron chi connectivity index (χ1n) is 8.70. The minimum absolute atomic E-state index is 0.00968. The number of hydrogen-bond acceptors (Lipinski definition) is 6. The Bertz CT molecular complexity index is 810. The van der Waals surface area contributed by atoms with E-state index < -0.39 is 4.92 Å². The summed E-state index contributed by atoms with van der Waals surface area (Å²) in [6.45, 7) is 4.37. The third kappa shape index (κ3) is 5.03. The maximum absolute atomic E-state index is 12.3. The zero-order valence-electron chi connectivity index (χ0n) is 15.0. The van der Waals surface area contributed by atoms with Gasteiger partial charge in [0.2, 0.25) is 0 Å². The van der Waals surface area contributed by atoms with Crippen molar-refractivity contribution in [1.29, 1.82) is 0 Å². The fraction of sp³-hybridized carbons (Fsp3) is 0.389. The predicted molar refractivity (Wildman–Crippen MR) is 99.6 cm³/mol. The third-order valence-corrected chi connectivity index (χ3v) is 5.25. The number of likely N-dealkylation sites (N-methyl/N-ethyl adjacent to an activating group) is 1. The summed E-state index contributed by atoms with van der Waals surface area (Å²) in [5.74, 6) is 0.584. The number of thiophene rings is 1. The molecule has 1 unspecified atom stereocenters. The van der Waals surface area contributed by atoms with Crippen LogP contribution < -0.4 is 15.0 Å². The molecule has 2 heterocycles. The Morgan fingerprint density at radius 2 is 2.30 bits per heavy atom. The number of amides is 1. The average molecular weight is 392 g/mol. The lowest BCUT2D eigenvalue weighted by molar-refractivity contribution is -0.904. The number of carbonyl (C=O) groups excluding carboxylic acids is 1. The second-order valence-electron chi connectivity index (χ2n) is 6.27. The van der Waals surface area contributed by atoms with Crippen LogP contribution >= 0.6 is 11.3 Å². The molecule has 2 aromatic rings. The molecule has 0 aliphatic carbocycles. The molecule has 0 saturated carbocycles. The number of hydrogen-bond donors (Lipinski definition) is 2. The average Bonchev–Trinajstić information content (AvgIpc) is 3.19. The third-order valence-electron chi connectivity index (χ3n) is 4.37. The van der Waals surface area contributed by atoms with Crippen molar-refractivity contribution in [2.24, 2.45) is 0 Å². The number of rotatable bonds is 8. The molecule has 27 heavy (non-hydrogen) atoms. The SMILES string of the molecule is CC[NH+](CC(=O)NCc1cccs1)Cc1cc([N+](=O)[O-])cc2c1OCOC2. The molecule has 0 radical (unpaired) electrons. The molecule has 0 bridgehead atoms. The highest BCUT2D eigenvalue weighted by molar-refractivity contribution is 7.09. The van der Waals surface area contributed by atoms with Gasteiger partial charge in [-0.25, -0.2) is 0 Å². The number of carbonyl (C=O) groups is 1. The van der Waals surface area contributed by atoms with Crippen LogP contribution in [0.3, 0.4) is 0 Å². The molecule has 1 aromatic carbocycles. The van der Waals surface area contributed by atoms with Crippen molar-refractivity contribution in [3.05, 3.63) is 55.8 Å². The topological polar surface area (TPSA) is 95.1 Å². The molecule has 1 aliphatic rings. The highest BCUT2D eigenvalue weighted by Crippen LogP contribution is 2.32. The first kappa shape index (κ1) is 19.3. The monoisotopic (exact) mass is 392 g/mol. The Morgan fingerprint density at radius 1 is 1.44 bits per heavy atom. The summed E-state index contributed by atoms with van der Waals surface area (Å²) >= 11 is 1.60. The predicted octanol–water partition coefficient (Wildman–Crippen LogP) is 1.24. The van der Waals surface area contributed by atoms with Gasteiger partial charge in [-0.1, -0.05) is 6.07 Å². The fourth-order valence-electron chi connectivity index (χ4n) is 2.99. The number of nitro benzene ring substituents is 1. The summed E-state index contributed by atoms with van der Waals surface area (Å²) in [5, 5.41) is 16.1. The lowest BCUT2D eigenvalue weighted by Gasteiger charge is -2.23. The largest absolute Gasteiger partial charge is 0.467 e. The Hall–Kier alpha value is -2.49. The molecule has 8 nitrogen and oxygen atoms in total. The number of benzene rings is 1. The molecule has 0 saturated heterocycles. The number of fused-ring (bicyclic) bond motifs is 1. The highest BCUT2D eigenvalue weighted by atomic mass is 32.1. The number of quaternary nitrogens is 1. The molecule has 1 aromatic heterocycles. The van der Waals surface area contributed by atoms with Crippen molar-refractivity contribution in [1.82, 2.24) is 5.32 Å². The molecule has 9 heteroatoms. The highest BCUT2D eigenvalue weighted by Gasteiger charge is 2.24. The maximum Gasteiger partial charge on any atom is 0.275 e. The molecule has 3 rings (SSSR count). The Balaban J connectivity index is 1.69. The van der Waals surface area contributed by atoms with Crippen LogP contribution in [0.25, 0.3) is 0 Å². The first-order chi connectivity index (χ1) is 13.1. The van der Waals surface area contributed by atoms with Gasteiger partial charge in [0.05, 0.1) is 30.2 Å². The Labute approximate surface area is 160 Å². The van der Waals surface area contributed by atoms with Crippen LogP contribution in [0.2, 0.25) is 0 Å². The normalized spacial score (nSPS) is 14.1. The van der Waals surface area contributed by atoms with E-state index in [0.29, 0.717) is 30.9 Å². The van der Waals surface area contributed by atoms with Crippen LogP contribution in [0.4, 0.5) is 5.69 Å². The number of ether oxygens (including phenoxy) is 2. The Morgan fingerprint density at radius 3 is 3.00 bits per heavy atom. The van der Waals surface area contributed by atoms with Gasteiger partial charge in [0, 0.05) is 22.6 Å². The minimum atomic E-state index is -0.419. The van der Waals surface area contributed by atoms with Crippen molar-refractivity contribution in [2.45, 2.75) is 26.6 Å². The van der Waals surface area contributed by atoms with Crippen LogP contribution in [0.5, 0.6) is 5.75 Å². The first-order valence-corrected chi connectivity index (χ1v) is 9.58. The van der Waals surface area contributed by atoms with Crippen LogP contribution in [0.15, 0.2) is 29.6 Å². The van der Waals surface area contributed by atoms with Crippen molar-refractivity contribution in [2.75, 3.05) is 19.9 Å². The van der Waals surface area contributed by atoms with E-state index in [9.17, 15) is 14.9 Å². The lowest BCUT2D eigenvalue weighted by atomic mass is 10.1. The smallest absolute Gasteiger partial charge is 0.275 e. The fourth-order valence-corrected chi connectivity index (χ4v) is 3.63. The quantitative estimate of drug-likeness (QED) is 0.521. The number of nitrogens with one attached hydrogen (secondary N) is 2. The lowest BCUT2D eigenvalue weighted by Crippen LogP contribution is -3.11. The number of nitro groups is 1. The summed E-state index contributed by atoms with van der Waals surface area (Å²) < 4.78 is 10.8. The molecule has 0 spiro atoms. The summed E-state index contributed by atoms with van der Waals surface area (Å²) in [6, 6.07) is 6.94. The number of non-ortho nitro benzene ring substituents is 1. The second-order valence-corrected chi connectivity index (χ2v) is 7.31. The minimum Gasteiger partial charge on any atom is -0.467 e. The standard InChI is InChI=1S/C18H21N3O5S/c1-2-20(10-17(22)19-8-16-4-3-5-27-16)9-13-6-15(21(23)24)7-14-11-25-12-26-18(13)14/h3-7H,2,8-12H2,1H3,(H,19,22)/p+1. The van der Waals surface area contributed by atoms with Gasteiger partial charge in [0.15, 0.2) is 13.3 Å². The van der Waals surface area contributed by atoms with E-state index in [1.165, 1.54) is 12.1 Å². The van der Waals surface area contributed by atoms with Gasteiger partial charge >= 0.3 is 0 Å². The molecule has 1 atom stereocenters. The summed E-state index contributed by atoms with van der Waals surface area (Å²) in [5.41, 5.74) is 1.41. The van der Waals surface area contributed by atoms with Crippen molar-refractivity contribution < 1.29 is 24.1 Å². The van der Waals surface area contributed by atoms with Crippen LogP contribution in [0, 0.1) is 10.1 Å². The van der Waals surface area contributed by atoms with Crippen molar-refractivity contribution >= 4 is 22.9 Å². The van der Waals surface area contributed by atoms with E-state index in [4.69, 9.17) is 9.47 Å². The van der Waals surface area contributed by atoms with Crippen molar-refractivity contribution in [3.63, 3.8) is 0 Å². The van der Waals surface area contributed by atoms with Crippen LogP contribution in [0.1, 0.15) is 22.9 Å². The number of nitrogens with zero attached hydrogens (tertiary/aromatic N) is 1. The molecule has 0 fully saturated rings. The van der Waals surface area contributed by atoms with Gasteiger partial charge in [-0.3, -0.25) is 14.9 Å². The van der Waals surface area contributed by atoms with E-state index in [1.54, 1.807) is 11.3 Å². The van der Waals surface area contributed by atoms with Gasteiger partial charge in [-0.05, 0) is 18.4 Å². The van der Waals surface area contributed by atoms with E-state index >= 15 is 0 Å². The van der Waals surface area contributed by atoms with Gasteiger partial charge < -0.3 is 19.7 Å².